The molecule has 0 unspecified atom stereocenters. The zero-order valence-electron chi connectivity index (χ0n) is 12.1. The molecule has 1 heterocycles. The minimum absolute atomic E-state index is 0.280. The van der Waals surface area contributed by atoms with Crippen LogP contribution in [0.15, 0.2) is 24.3 Å². The molecule has 1 fully saturated rings. The average molecular weight is 272 g/mol. The molecule has 3 heteroatoms. The molecule has 1 saturated heterocycles. The Balaban J connectivity index is 1.47. The summed E-state index contributed by atoms with van der Waals surface area (Å²) in [6, 6.07) is 9.04. The van der Waals surface area contributed by atoms with Crippen LogP contribution in [0.1, 0.15) is 36.8 Å². The van der Waals surface area contributed by atoms with Crippen LogP contribution in [0.2, 0.25) is 0 Å². The van der Waals surface area contributed by atoms with Gasteiger partial charge in [0.2, 0.25) is 5.91 Å². The van der Waals surface area contributed by atoms with E-state index in [1.54, 1.807) is 0 Å². The molecule has 0 bridgehead atoms. The van der Waals surface area contributed by atoms with Crippen molar-refractivity contribution in [3.05, 3.63) is 35.4 Å². The second kappa shape index (κ2) is 6.40. The maximum Gasteiger partial charge on any atom is 0.236 e. The van der Waals surface area contributed by atoms with Crippen LogP contribution < -0.4 is 5.32 Å². The summed E-state index contributed by atoms with van der Waals surface area (Å²) in [5.41, 5.74) is 2.87. The first kappa shape index (κ1) is 13.6. The Morgan fingerprint density at radius 2 is 1.65 bits per heavy atom. The molecule has 1 aromatic rings. The Morgan fingerprint density at radius 1 is 1.05 bits per heavy atom. The largest absolute Gasteiger partial charge is 0.342 e. The van der Waals surface area contributed by atoms with Crippen LogP contribution in [0.4, 0.5) is 0 Å². The fourth-order valence-corrected chi connectivity index (χ4v) is 3.37. The Bertz CT molecular complexity index is 439. The highest BCUT2D eigenvalue weighted by Gasteiger charge is 2.22. The first-order valence-corrected chi connectivity index (χ1v) is 7.91. The van der Waals surface area contributed by atoms with E-state index in [4.69, 9.17) is 0 Å². The zero-order valence-corrected chi connectivity index (χ0v) is 12.1. The molecule has 3 rings (SSSR count). The van der Waals surface area contributed by atoms with Crippen molar-refractivity contribution in [3.63, 3.8) is 0 Å². The van der Waals surface area contributed by atoms with Crippen molar-refractivity contribution in [1.29, 1.82) is 0 Å². The zero-order chi connectivity index (χ0) is 13.8. The molecule has 20 heavy (non-hydrogen) atoms. The summed E-state index contributed by atoms with van der Waals surface area (Å²) in [6.07, 6.45) is 7.00. The van der Waals surface area contributed by atoms with E-state index in [1.165, 1.54) is 36.8 Å². The SMILES string of the molecule is O=C(CNC1Cc2ccccc2C1)N1CCCCCC1. The molecule has 0 spiro atoms. The van der Waals surface area contributed by atoms with E-state index in [0.29, 0.717) is 12.6 Å². The van der Waals surface area contributed by atoms with Crippen LogP contribution >= 0.6 is 0 Å². The summed E-state index contributed by atoms with van der Waals surface area (Å²) in [6.45, 7) is 2.40. The van der Waals surface area contributed by atoms with Crippen LogP contribution in [-0.2, 0) is 17.6 Å². The van der Waals surface area contributed by atoms with Crippen molar-refractivity contribution >= 4 is 5.91 Å². The number of likely N-dealkylation sites (tertiary alicyclic amines) is 1. The van der Waals surface area contributed by atoms with E-state index in [9.17, 15) is 4.79 Å². The van der Waals surface area contributed by atoms with Gasteiger partial charge in [0.05, 0.1) is 6.54 Å². The molecule has 1 amide bonds. The third kappa shape index (κ3) is 3.21. The average Bonchev–Trinajstić information content (AvgIpc) is 2.69. The number of fused-ring (bicyclic) bond motifs is 1. The monoisotopic (exact) mass is 272 g/mol. The number of nitrogens with one attached hydrogen (secondary N) is 1. The fraction of sp³-hybridized carbons (Fsp3) is 0.588. The number of nitrogens with zero attached hydrogens (tertiary/aromatic N) is 1. The summed E-state index contributed by atoms with van der Waals surface area (Å²) in [4.78, 5) is 14.3. The molecular weight excluding hydrogens is 248 g/mol. The lowest BCUT2D eigenvalue weighted by Gasteiger charge is -2.21. The third-order valence-electron chi connectivity index (χ3n) is 4.55. The summed E-state index contributed by atoms with van der Waals surface area (Å²) in [5, 5.41) is 3.45. The molecule has 2 aliphatic rings. The number of amides is 1. The highest BCUT2D eigenvalue weighted by molar-refractivity contribution is 5.78. The van der Waals surface area contributed by atoms with Crippen LogP contribution in [-0.4, -0.2) is 36.5 Å². The topological polar surface area (TPSA) is 32.3 Å². The Hall–Kier alpha value is -1.35. The molecule has 1 aliphatic carbocycles. The maximum absolute atomic E-state index is 12.2. The lowest BCUT2D eigenvalue weighted by Crippen LogP contribution is -2.42. The van der Waals surface area contributed by atoms with E-state index >= 15 is 0 Å². The molecule has 108 valence electrons. The van der Waals surface area contributed by atoms with E-state index in [0.717, 1.165) is 25.9 Å². The van der Waals surface area contributed by atoms with Gasteiger partial charge in [0.25, 0.3) is 0 Å². The molecule has 3 nitrogen and oxygen atoms in total. The first-order chi connectivity index (χ1) is 9.83. The number of benzene rings is 1. The Morgan fingerprint density at radius 3 is 2.25 bits per heavy atom. The lowest BCUT2D eigenvalue weighted by molar-refractivity contribution is -0.130. The van der Waals surface area contributed by atoms with Crippen molar-refractivity contribution in [2.75, 3.05) is 19.6 Å². The van der Waals surface area contributed by atoms with Gasteiger partial charge in [-0.05, 0) is 36.8 Å². The lowest BCUT2D eigenvalue weighted by atomic mass is 10.1. The smallest absolute Gasteiger partial charge is 0.236 e. The number of hydrogen-bond donors (Lipinski definition) is 1. The minimum Gasteiger partial charge on any atom is -0.342 e. The summed E-state index contributed by atoms with van der Waals surface area (Å²) in [5.74, 6) is 0.280. The van der Waals surface area contributed by atoms with Crippen LogP contribution in [0.3, 0.4) is 0 Å². The summed E-state index contributed by atoms with van der Waals surface area (Å²) >= 11 is 0. The van der Waals surface area contributed by atoms with E-state index in [1.807, 2.05) is 4.90 Å². The normalized spacial score (nSPS) is 19.7. The predicted octanol–water partition coefficient (Wildman–Crippen LogP) is 2.15. The molecular formula is C17H24N2O. The van der Waals surface area contributed by atoms with Gasteiger partial charge in [-0.3, -0.25) is 4.79 Å². The van der Waals surface area contributed by atoms with Gasteiger partial charge in [-0.2, -0.15) is 0 Å². The van der Waals surface area contributed by atoms with Crippen molar-refractivity contribution in [2.45, 2.75) is 44.6 Å². The summed E-state index contributed by atoms with van der Waals surface area (Å²) < 4.78 is 0. The van der Waals surface area contributed by atoms with Gasteiger partial charge in [-0.25, -0.2) is 0 Å². The number of hydrogen-bond acceptors (Lipinski definition) is 2. The quantitative estimate of drug-likeness (QED) is 0.914. The fourth-order valence-electron chi connectivity index (χ4n) is 3.37. The van der Waals surface area contributed by atoms with Gasteiger partial charge in [-0.1, -0.05) is 37.1 Å². The molecule has 1 N–H and O–H groups in total. The highest BCUT2D eigenvalue weighted by atomic mass is 16.2. The van der Waals surface area contributed by atoms with Gasteiger partial charge >= 0.3 is 0 Å². The minimum atomic E-state index is 0.280. The van der Waals surface area contributed by atoms with E-state index < -0.39 is 0 Å². The number of carbonyl (C=O) groups excluding carboxylic acids is 1. The van der Waals surface area contributed by atoms with Gasteiger partial charge in [0.1, 0.15) is 0 Å². The summed E-state index contributed by atoms with van der Waals surface area (Å²) in [7, 11) is 0. The Kier molecular flexibility index (Phi) is 4.36. The molecule has 1 aliphatic heterocycles. The molecule has 1 aromatic carbocycles. The number of rotatable bonds is 3. The van der Waals surface area contributed by atoms with Gasteiger partial charge < -0.3 is 10.2 Å². The van der Waals surface area contributed by atoms with E-state index in [-0.39, 0.29) is 5.91 Å². The van der Waals surface area contributed by atoms with Gasteiger partial charge in [0.15, 0.2) is 0 Å². The highest BCUT2D eigenvalue weighted by Crippen LogP contribution is 2.21. The second-order valence-corrected chi connectivity index (χ2v) is 6.05. The van der Waals surface area contributed by atoms with Gasteiger partial charge in [-0.15, -0.1) is 0 Å². The molecule has 0 aromatic heterocycles. The van der Waals surface area contributed by atoms with Crippen molar-refractivity contribution < 1.29 is 4.79 Å². The predicted molar refractivity (Wildman–Crippen MR) is 80.7 cm³/mol. The third-order valence-corrected chi connectivity index (χ3v) is 4.55. The van der Waals surface area contributed by atoms with Crippen LogP contribution in [0.5, 0.6) is 0 Å². The number of carbonyl (C=O) groups is 1. The van der Waals surface area contributed by atoms with Crippen molar-refractivity contribution in [1.82, 2.24) is 10.2 Å². The molecule has 0 saturated carbocycles. The second-order valence-electron chi connectivity index (χ2n) is 6.05. The van der Waals surface area contributed by atoms with Crippen molar-refractivity contribution in [3.8, 4) is 0 Å². The molecule has 0 radical (unpaired) electrons. The maximum atomic E-state index is 12.2. The first-order valence-electron chi connectivity index (χ1n) is 7.91. The Labute approximate surface area is 121 Å². The molecule has 0 atom stereocenters. The van der Waals surface area contributed by atoms with Crippen LogP contribution in [0.25, 0.3) is 0 Å². The standard InChI is InChI=1S/C17H24N2O/c20-17(19-9-5-1-2-6-10-19)13-18-16-11-14-7-3-4-8-15(14)12-16/h3-4,7-8,16,18H,1-2,5-6,9-13H2. The van der Waals surface area contributed by atoms with Gasteiger partial charge in [0, 0.05) is 19.1 Å². The van der Waals surface area contributed by atoms with Crippen LogP contribution in [0, 0.1) is 0 Å². The van der Waals surface area contributed by atoms with E-state index in [2.05, 4.69) is 29.6 Å². The van der Waals surface area contributed by atoms with Crippen molar-refractivity contribution in [2.24, 2.45) is 0 Å².